The predicted octanol–water partition coefficient (Wildman–Crippen LogP) is 3.31. The second kappa shape index (κ2) is 10.4. The lowest BCUT2D eigenvalue weighted by atomic mass is 10.1. The van der Waals surface area contributed by atoms with Gasteiger partial charge in [-0.2, -0.15) is 0 Å². The molecule has 0 aliphatic carbocycles. The number of nitrogens with one attached hydrogen (secondary N) is 1. The van der Waals surface area contributed by atoms with Crippen molar-refractivity contribution in [2.45, 2.75) is 26.2 Å². The summed E-state index contributed by atoms with van der Waals surface area (Å²) in [7, 11) is 1.61. The Labute approximate surface area is 206 Å². The maximum Gasteiger partial charge on any atom is 0.252 e. The third-order valence-electron chi connectivity index (χ3n) is 5.87. The number of aromatic amines is 1. The van der Waals surface area contributed by atoms with Crippen LogP contribution in [0.2, 0.25) is 0 Å². The molecule has 0 fully saturated rings. The Morgan fingerprint density at radius 2 is 1.89 bits per heavy atom. The number of halogens is 1. The molecule has 182 valence electrons. The van der Waals surface area contributed by atoms with Gasteiger partial charge in [0, 0.05) is 41.9 Å². The maximum absolute atomic E-state index is 13.3. The number of hydrogen-bond donors (Lipinski definition) is 1. The minimum atomic E-state index is -0.295. The van der Waals surface area contributed by atoms with Gasteiger partial charge in [-0.05, 0) is 64.0 Å². The van der Waals surface area contributed by atoms with Gasteiger partial charge in [-0.1, -0.05) is 18.2 Å². The number of pyridine rings is 2. The van der Waals surface area contributed by atoms with E-state index < -0.39 is 0 Å². The van der Waals surface area contributed by atoms with Gasteiger partial charge < -0.3 is 9.72 Å². The molecule has 0 aliphatic heterocycles. The molecule has 5 rings (SSSR count). The average Bonchev–Trinajstić information content (AvgIpc) is 3.32. The van der Waals surface area contributed by atoms with Crippen molar-refractivity contribution in [1.29, 1.82) is 0 Å². The Balaban J connectivity index is 1.43. The fourth-order valence-electron chi connectivity index (χ4n) is 4.05. The Kier molecular flexibility index (Phi) is 6.76. The standard InChI is InChI=1S/C26H24FN7O2/c1-36-23-8-9-24-20(12-23)11-21(26(35)29-24)16-33(14-19-3-2-10-28-13-19)17-25-30-31-32-34(25)15-18-4-6-22(27)7-5-18/h2-13H,14-17H2,1H3,(H,29,35). The van der Waals surface area contributed by atoms with Gasteiger partial charge in [0.25, 0.3) is 5.56 Å². The molecule has 0 radical (unpaired) electrons. The summed E-state index contributed by atoms with van der Waals surface area (Å²) in [5.74, 6) is 1.05. The van der Waals surface area contributed by atoms with Crippen LogP contribution in [-0.2, 0) is 26.2 Å². The highest BCUT2D eigenvalue weighted by atomic mass is 19.1. The first-order valence-electron chi connectivity index (χ1n) is 11.4. The van der Waals surface area contributed by atoms with Gasteiger partial charge >= 0.3 is 0 Å². The van der Waals surface area contributed by atoms with Crippen molar-refractivity contribution < 1.29 is 9.13 Å². The molecule has 0 saturated carbocycles. The molecular formula is C26H24FN7O2. The molecule has 1 N–H and O–H groups in total. The van der Waals surface area contributed by atoms with E-state index in [1.807, 2.05) is 36.4 Å². The first-order valence-corrected chi connectivity index (χ1v) is 11.4. The zero-order valence-corrected chi connectivity index (χ0v) is 19.6. The average molecular weight is 486 g/mol. The molecule has 0 saturated heterocycles. The lowest BCUT2D eigenvalue weighted by molar-refractivity contribution is 0.235. The fraction of sp³-hybridized carbons (Fsp3) is 0.192. The number of aromatic nitrogens is 6. The number of methoxy groups -OCH3 is 1. The summed E-state index contributed by atoms with van der Waals surface area (Å²) in [5.41, 5.74) is 3.07. The van der Waals surface area contributed by atoms with E-state index in [0.29, 0.717) is 43.3 Å². The third-order valence-corrected chi connectivity index (χ3v) is 5.87. The second-order valence-electron chi connectivity index (χ2n) is 8.46. The summed E-state index contributed by atoms with van der Waals surface area (Å²) < 4.78 is 20.3. The lowest BCUT2D eigenvalue weighted by Gasteiger charge is -2.22. The van der Waals surface area contributed by atoms with Crippen molar-refractivity contribution in [2.24, 2.45) is 0 Å². The van der Waals surface area contributed by atoms with Crippen LogP contribution >= 0.6 is 0 Å². The molecule has 3 heterocycles. The quantitative estimate of drug-likeness (QED) is 0.342. The maximum atomic E-state index is 13.3. The van der Waals surface area contributed by atoms with Crippen molar-refractivity contribution in [3.63, 3.8) is 0 Å². The minimum absolute atomic E-state index is 0.158. The molecule has 2 aromatic carbocycles. The highest BCUT2D eigenvalue weighted by molar-refractivity contribution is 5.80. The molecule has 36 heavy (non-hydrogen) atoms. The van der Waals surface area contributed by atoms with Crippen LogP contribution in [0.4, 0.5) is 4.39 Å². The van der Waals surface area contributed by atoms with Crippen LogP contribution in [0.3, 0.4) is 0 Å². The van der Waals surface area contributed by atoms with Gasteiger partial charge in [0.1, 0.15) is 11.6 Å². The van der Waals surface area contributed by atoms with E-state index >= 15 is 0 Å². The van der Waals surface area contributed by atoms with Gasteiger partial charge in [-0.15, -0.1) is 5.10 Å². The number of ether oxygens (including phenoxy) is 1. The smallest absolute Gasteiger partial charge is 0.252 e. The van der Waals surface area contributed by atoms with Gasteiger partial charge in [-0.3, -0.25) is 14.7 Å². The first kappa shape index (κ1) is 23.3. The molecule has 0 amide bonds. The van der Waals surface area contributed by atoms with Crippen molar-refractivity contribution >= 4 is 10.9 Å². The summed E-state index contributed by atoms with van der Waals surface area (Å²) >= 11 is 0. The van der Waals surface area contributed by atoms with Gasteiger partial charge in [0.2, 0.25) is 0 Å². The normalized spacial score (nSPS) is 11.3. The molecule has 0 spiro atoms. The van der Waals surface area contributed by atoms with Crippen LogP contribution in [0.5, 0.6) is 5.75 Å². The zero-order chi connectivity index (χ0) is 24.9. The lowest BCUT2D eigenvalue weighted by Crippen LogP contribution is -2.28. The highest BCUT2D eigenvalue weighted by Gasteiger charge is 2.16. The Morgan fingerprint density at radius 1 is 1.03 bits per heavy atom. The van der Waals surface area contributed by atoms with E-state index in [2.05, 4.69) is 30.4 Å². The molecule has 0 unspecified atom stereocenters. The SMILES string of the molecule is COc1ccc2[nH]c(=O)c(CN(Cc3cccnc3)Cc3nnnn3Cc3ccc(F)cc3)cc2c1. The molecule has 5 aromatic rings. The Morgan fingerprint density at radius 3 is 2.67 bits per heavy atom. The minimum Gasteiger partial charge on any atom is -0.497 e. The van der Waals surface area contributed by atoms with Crippen LogP contribution < -0.4 is 10.3 Å². The molecule has 0 aliphatic rings. The predicted molar refractivity (Wildman–Crippen MR) is 132 cm³/mol. The number of benzene rings is 2. The van der Waals surface area contributed by atoms with E-state index in [0.717, 1.165) is 22.0 Å². The first-order chi connectivity index (χ1) is 17.6. The summed E-state index contributed by atoms with van der Waals surface area (Å²) in [6, 6.07) is 17.5. The van der Waals surface area contributed by atoms with E-state index in [1.54, 1.807) is 36.3 Å². The van der Waals surface area contributed by atoms with Gasteiger partial charge in [0.15, 0.2) is 5.82 Å². The molecule has 10 heteroatoms. The summed E-state index contributed by atoms with van der Waals surface area (Å²) in [6.45, 7) is 1.69. The monoisotopic (exact) mass is 485 g/mol. The van der Waals surface area contributed by atoms with Gasteiger partial charge in [0.05, 0.1) is 20.2 Å². The third kappa shape index (κ3) is 5.44. The van der Waals surface area contributed by atoms with Crippen LogP contribution in [0.25, 0.3) is 10.9 Å². The van der Waals surface area contributed by atoms with Crippen LogP contribution in [0.1, 0.15) is 22.5 Å². The van der Waals surface area contributed by atoms with Crippen molar-refractivity contribution in [2.75, 3.05) is 7.11 Å². The van der Waals surface area contributed by atoms with E-state index in [-0.39, 0.29) is 11.4 Å². The van der Waals surface area contributed by atoms with E-state index in [9.17, 15) is 9.18 Å². The number of tetrazole rings is 1. The molecule has 0 bridgehead atoms. The number of nitrogens with zero attached hydrogens (tertiary/aromatic N) is 6. The molecule has 9 nitrogen and oxygen atoms in total. The van der Waals surface area contributed by atoms with Crippen molar-refractivity contribution in [3.05, 3.63) is 112 Å². The largest absolute Gasteiger partial charge is 0.497 e. The summed E-state index contributed by atoms with van der Waals surface area (Å²) in [6.07, 6.45) is 3.52. The topological polar surface area (TPSA) is 102 Å². The molecular weight excluding hydrogens is 461 g/mol. The van der Waals surface area contributed by atoms with E-state index in [1.165, 1.54) is 12.1 Å². The number of fused-ring (bicyclic) bond motifs is 1. The highest BCUT2D eigenvalue weighted by Crippen LogP contribution is 2.20. The van der Waals surface area contributed by atoms with E-state index in [4.69, 9.17) is 4.74 Å². The Bertz CT molecular complexity index is 1520. The molecule has 3 aromatic heterocycles. The fourth-order valence-corrected chi connectivity index (χ4v) is 4.05. The Hall–Kier alpha value is -4.44. The van der Waals surface area contributed by atoms with Crippen LogP contribution in [0, 0.1) is 5.82 Å². The second-order valence-corrected chi connectivity index (χ2v) is 8.46. The van der Waals surface area contributed by atoms with Crippen molar-refractivity contribution in [1.82, 2.24) is 35.1 Å². The van der Waals surface area contributed by atoms with Crippen LogP contribution in [0.15, 0.2) is 77.9 Å². The van der Waals surface area contributed by atoms with Gasteiger partial charge in [-0.25, -0.2) is 9.07 Å². The summed E-state index contributed by atoms with van der Waals surface area (Å²) in [5, 5.41) is 13.1. The number of hydrogen-bond acceptors (Lipinski definition) is 7. The van der Waals surface area contributed by atoms with Crippen molar-refractivity contribution in [3.8, 4) is 5.75 Å². The van der Waals surface area contributed by atoms with Crippen LogP contribution in [-0.4, -0.2) is 42.2 Å². The zero-order valence-electron chi connectivity index (χ0n) is 19.6. The number of rotatable bonds is 9. The summed E-state index contributed by atoms with van der Waals surface area (Å²) in [4.78, 5) is 22.2. The molecule has 0 atom stereocenters. The number of H-pyrrole nitrogens is 1.